The van der Waals surface area contributed by atoms with Crippen molar-refractivity contribution in [1.82, 2.24) is 25.0 Å². The smallest absolute Gasteiger partial charge is 0.322 e. The van der Waals surface area contributed by atoms with Crippen LogP contribution in [0.3, 0.4) is 0 Å². The number of nitrogens with one attached hydrogen (secondary N) is 2. The Balaban J connectivity index is 0.759. The maximum atomic E-state index is 13.4. The number of hydrogen-bond donors (Lipinski definition) is 2. The van der Waals surface area contributed by atoms with Crippen molar-refractivity contribution in [3.8, 4) is 5.75 Å². The van der Waals surface area contributed by atoms with E-state index in [-0.39, 0.29) is 48.2 Å². The van der Waals surface area contributed by atoms with Crippen LogP contribution in [0.25, 0.3) is 4.85 Å². The first kappa shape index (κ1) is 40.1. The number of amides is 6. The van der Waals surface area contributed by atoms with Gasteiger partial charge in [0.1, 0.15) is 23.7 Å². The molecule has 3 saturated heterocycles. The molecule has 4 aliphatic heterocycles. The molecule has 6 amide bonds. The lowest BCUT2D eigenvalue weighted by Crippen LogP contribution is -2.59. The van der Waals surface area contributed by atoms with E-state index in [1.807, 2.05) is 36.1 Å². The quantitative estimate of drug-likeness (QED) is 0.207. The zero-order valence-corrected chi connectivity index (χ0v) is 34.2. The summed E-state index contributed by atoms with van der Waals surface area (Å²) >= 11 is 6.31. The number of ether oxygens (including phenoxy) is 1. The summed E-state index contributed by atoms with van der Waals surface area (Å²) in [5.41, 5.74) is 2.47. The predicted octanol–water partition coefficient (Wildman–Crippen LogP) is 5.58. The second-order valence-corrected chi connectivity index (χ2v) is 16.9. The number of pyridine rings is 1. The summed E-state index contributed by atoms with van der Waals surface area (Å²) in [6.45, 7) is 15.3. The number of halogens is 1. The summed E-state index contributed by atoms with van der Waals surface area (Å²) in [5.74, 6) is -0.134. The molecule has 308 valence electrons. The van der Waals surface area contributed by atoms with E-state index in [0.29, 0.717) is 47.2 Å². The lowest BCUT2D eigenvalue weighted by molar-refractivity contribution is -0.136. The lowest BCUT2D eigenvalue weighted by atomic mass is 9.86. The van der Waals surface area contributed by atoms with Gasteiger partial charge in [-0.2, -0.15) is 0 Å². The molecule has 3 aromatic rings. The largest absolute Gasteiger partial charge is 0.490 e. The number of hydrogen-bond acceptors (Lipinski definition) is 10. The molecule has 1 saturated carbocycles. The van der Waals surface area contributed by atoms with Crippen LogP contribution in [-0.2, 0) is 9.59 Å². The molecule has 4 fully saturated rings. The van der Waals surface area contributed by atoms with Gasteiger partial charge in [-0.3, -0.25) is 29.4 Å². The molecular weight excluding hydrogens is 774 g/mol. The summed E-state index contributed by atoms with van der Waals surface area (Å²) in [6.07, 6.45) is 5.73. The van der Waals surface area contributed by atoms with E-state index in [2.05, 4.69) is 44.1 Å². The van der Waals surface area contributed by atoms with Gasteiger partial charge in [0.25, 0.3) is 11.8 Å². The van der Waals surface area contributed by atoms with Crippen LogP contribution in [0.15, 0.2) is 54.7 Å². The molecule has 1 aromatic heterocycles. The third kappa shape index (κ3) is 8.16. The van der Waals surface area contributed by atoms with E-state index < -0.39 is 29.7 Å². The first-order chi connectivity index (χ1) is 28.4. The van der Waals surface area contributed by atoms with Crippen molar-refractivity contribution >= 4 is 64.1 Å². The van der Waals surface area contributed by atoms with Crippen LogP contribution in [0.2, 0.25) is 5.02 Å². The Labute approximate surface area is 348 Å². The van der Waals surface area contributed by atoms with E-state index in [1.165, 1.54) is 0 Å². The Hall–Kier alpha value is -5.72. The molecule has 16 heteroatoms. The van der Waals surface area contributed by atoms with Gasteiger partial charge >= 0.3 is 6.03 Å². The fourth-order valence-electron chi connectivity index (χ4n) is 8.99. The molecule has 0 bridgehead atoms. The van der Waals surface area contributed by atoms with E-state index >= 15 is 0 Å². The third-order valence-electron chi connectivity index (χ3n) is 12.5. The number of piperidine rings is 2. The number of carbonyl (C=O) groups is 5. The van der Waals surface area contributed by atoms with Crippen LogP contribution in [0.1, 0.15) is 73.1 Å². The van der Waals surface area contributed by atoms with Gasteiger partial charge in [0, 0.05) is 80.8 Å². The van der Waals surface area contributed by atoms with E-state index in [1.54, 1.807) is 30.5 Å². The molecule has 59 heavy (non-hydrogen) atoms. The Bertz CT molecular complexity index is 2200. The maximum absolute atomic E-state index is 13.4. The summed E-state index contributed by atoms with van der Waals surface area (Å²) in [5, 5.41) is 5.69. The van der Waals surface area contributed by atoms with E-state index in [9.17, 15) is 24.0 Å². The summed E-state index contributed by atoms with van der Waals surface area (Å²) in [6, 6.07) is 13.5. The standard InChI is InChI=1S/C43H48ClN9O6/c1-25-23-52(26(2)22-51(25)29-6-9-36(45-3)35(44)19-29)43(58)47-28-5-11-38(46-21-28)50-15-13-27(14-16-50)24-49(4)30-17-32(18-30)59-31-7-8-33-34(20-31)42(57)53(41(33)56)37-10-12-39(54)48-40(37)55/h5-9,11,19-21,25-27,30,32,37H,10,12-18,22-24H2,1-2,4H3,(H,47,58)(H,48,54,55)/t25-,26+,30?,32?,37?/m0/s1. The lowest BCUT2D eigenvalue weighted by Gasteiger charge is -2.45. The minimum Gasteiger partial charge on any atom is -0.490 e. The average molecular weight is 822 g/mol. The van der Waals surface area contributed by atoms with Crippen LogP contribution in [0, 0.1) is 12.5 Å². The Kier molecular flexibility index (Phi) is 11.2. The third-order valence-corrected chi connectivity index (χ3v) is 12.8. The number of piperazine rings is 1. The second kappa shape index (κ2) is 16.5. The van der Waals surface area contributed by atoms with Gasteiger partial charge in [0.2, 0.25) is 17.5 Å². The fourth-order valence-corrected chi connectivity index (χ4v) is 9.20. The van der Waals surface area contributed by atoms with Crippen molar-refractivity contribution in [2.75, 3.05) is 54.9 Å². The van der Waals surface area contributed by atoms with Crippen molar-refractivity contribution in [2.45, 2.75) is 82.6 Å². The van der Waals surface area contributed by atoms with Gasteiger partial charge in [-0.05, 0) is 88.5 Å². The number of fused-ring (bicyclic) bond motifs is 1. The number of imide groups is 2. The molecule has 2 N–H and O–H groups in total. The SMILES string of the molecule is [C-]#[N+]c1ccc(N2C[C@@H](C)N(C(=O)Nc3ccc(N4CCC(CN(C)C5CC(Oc6ccc7c(c6)C(=O)N(C6CCC(=O)NC6=O)C7=O)C5)CC4)nc3)C[C@@H]2C)cc1Cl. The number of anilines is 3. The molecule has 0 radical (unpaired) electrons. The van der Waals surface area contributed by atoms with Gasteiger partial charge in [-0.25, -0.2) is 14.6 Å². The number of carbonyl (C=O) groups excluding carboxylic acids is 5. The van der Waals surface area contributed by atoms with Crippen molar-refractivity contribution < 1.29 is 28.7 Å². The highest BCUT2D eigenvalue weighted by molar-refractivity contribution is 6.33. The van der Waals surface area contributed by atoms with Crippen LogP contribution in [-0.4, -0.2) is 119 Å². The minimum atomic E-state index is -0.998. The molecule has 1 unspecified atom stereocenters. The van der Waals surface area contributed by atoms with Crippen molar-refractivity contribution in [1.29, 1.82) is 0 Å². The van der Waals surface area contributed by atoms with Crippen LogP contribution in [0.4, 0.5) is 27.7 Å². The highest BCUT2D eigenvalue weighted by atomic mass is 35.5. The first-order valence-electron chi connectivity index (χ1n) is 20.3. The van der Waals surface area contributed by atoms with Crippen LogP contribution in [0.5, 0.6) is 5.75 Å². The highest BCUT2D eigenvalue weighted by Crippen LogP contribution is 2.36. The van der Waals surface area contributed by atoms with E-state index in [4.69, 9.17) is 27.9 Å². The molecule has 8 rings (SSSR count). The topological polar surface area (TPSA) is 152 Å². The molecule has 0 spiro atoms. The number of urea groups is 1. The zero-order valence-electron chi connectivity index (χ0n) is 33.4. The van der Waals surface area contributed by atoms with E-state index in [0.717, 1.165) is 61.7 Å². The van der Waals surface area contributed by atoms with Crippen molar-refractivity contribution in [3.05, 3.63) is 82.3 Å². The molecule has 15 nitrogen and oxygen atoms in total. The Morgan fingerprint density at radius 2 is 1.75 bits per heavy atom. The molecule has 1 aliphatic carbocycles. The fraction of sp³-hybridized carbons (Fsp3) is 0.465. The predicted molar refractivity (Wildman–Crippen MR) is 222 cm³/mol. The van der Waals surface area contributed by atoms with Gasteiger partial charge in [0.15, 0.2) is 0 Å². The maximum Gasteiger partial charge on any atom is 0.322 e. The minimum absolute atomic E-state index is 0.00210. The van der Waals surface area contributed by atoms with Gasteiger partial charge in [-0.15, -0.1) is 0 Å². The highest BCUT2D eigenvalue weighted by Gasteiger charge is 2.45. The molecule has 3 atom stereocenters. The van der Waals surface area contributed by atoms with Gasteiger partial charge in [-0.1, -0.05) is 17.7 Å². The summed E-state index contributed by atoms with van der Waals surface area (Å²) in [4.78, 5) is 81.5. The number of nitrogens with zero attached hydrogens (tertiary/aromatic N) is 7. The number of benzene rings is 2. The monoisotopic (exact) mass is 821 g/mol. The number of rotatable bonds is 9. The van der Waals surface area contributed by atoms with Gasteiger partial charge < -0.3 is 29.7 Å². The van der Waals surface area contributed by atoms with Gasteiger partial charge in [0.05, 0.1) is 29.6 Å². The van der Waals surface area contributed by atoms with Crippen molar-refractivity contribution in [2.24, 2.45) is 5.92 Å². The normalized spacial score (nSPS) is 24.8. The Morgan fingerprint density at radius 3 is 2.44 bits per heavy atom. The number of aromatic nitrogens is 1. The van der Waals surface area contributed by atoms with Crippen molar-refractivity contribution in [3.63, 3.8) is 0 Å². The van der Waals surface area contributed by atoms with Crippen LogP contribution < -0.4 is 25.2 Å². The molecular formula is C43H48ClN9O6. The zero-order chi connectivity index (χ0) is 41.5. The molecule has 5 heterocycles. The average Bonchev–Trinajstić information content (AvgIpc) is 3.45. The first-order valence-corrected chi connectivity index (χ1v) is 20.7. The molecule has 2 aromatic carbocycles. The van der Waals surface area contributed by atoms with Crippen LogP contribution >= 0.6 is 11.6 Å². The summed E-state index contributed by atoms with van der Waals surface area (Å²) in [7, 11) is 2.17. The Morgan fingerprint density at radius 1 is 0.983 bits per heavy atom. The molecule has 5 aliphatic rings. The summed E-state index contributed by atoms with van der Waals surface area (Å²) < 4.78 is 6.22. The second-order valence-electron chi connectivity index (χ2n) is 16.5.